The van der Waals surface area contributed by atoms with E-state index in [2.05, 4.69) is 87.4 Å². The second kappa shape index (κ2) is 5.89. The van der Waals surface area contributed by atoms with Crippen LogP contribution in [0, 0.1) is 6.92 Å². The number of rotatable bonds is 3. The molecule has 0 amide bonds. The molecule has 3 heteroatoms. The first-order valence-corrected chi connectivity index (χ1v) is 7.43. The van der Waals surface area contributed by atoms with Gasteiger partial charge in [-0.3, -0.25) is 0 Å². The normalized spacial score (nSPS) is 12.2. The molecule has 0 aliphatic heterocycles. The molecule has 94 valence electrons. The molecule has 1 atom stereocenters. The van der Waals surface area contributed by atoms with Crippen LogP contribution in [0.4, 0.5) is 5.69 Å². The first-order valence-electron chi connectivity index (χ1n) is 5.85. The van der Waals surface area contributed by atoms with Crippen molar-refractivity contribution >= 4 is 37.5 Å². The molecule has 0 aliphatic rings. The highest BCUT2D eigenvalue weighted by molar-refractivity contribution is 9.10. The van der Waals surface area contributed by atoms with E-state index in [9.17, 15) is 0 Å². The molecule has 0 aliphatic carbocycles. The highest BCUT2D eigenvalue weighted by Crippen LogP contribution is 2.28. The van der Waals surface area contributed by atoms with Crippen molar-refractivity contribution in [3.63, 3.8) is 0 Å². The van der Waals surface area contributed by atoms with Gasteiger partial charge in [-0.1, -0.05) is 56.1 Å². The van der Waals surface area contributed by atoms with Gasteiger partial charge in [0.2, 0.25) is 0 Å². The van der Waals surface area contributed by atoms with Gasteiger partial charge in [0, 0.05) is 20.7 Å². The number of benzene rings is 2. The fraction of sp³-hybridized carbons (Fsp3) is 0.200. The maximum absolute atomic E-state index is 3.59. The number of hydrogen-bond acceptors (Lipinski definition) is 1. The van der Waals surface area contributed by atoms with Crippen molar-refractivity contribution in [3.05, 3.63) is 62.5 Å². The third kappa shape index (κ3) is 3.15. The fourth-order valence-corrected chi connectivity index (χ4v) is 2.88. The van der Waals surface area contributed by atoms with E-state index in [0.717, 1.165) is 14.6 Å². The molecule has 0 bridgehead atoms. The lowest BCUT2D eigenvalue weighted by Crippen LogP contribution is -2.08. The van der Waals surface area contributed by atoms with Gasteiger partial charge in [-0.05, 0) is 43.2 Å². The van der Waals surface area contributed by atoms with E-state index in [-0.39, 0.29) is 6.04 Å². The van der Waals surface area contributed by atoms with Crippen LogP contribution in [-0.4, -0.2) is 0 Å². The molecule has 0 saturated carbocycles. The lowest BCUT2D eigenvalue weighted by molar-refractivity contribution is 0.876. The topological polar surface area (TPSA) is 12.0 Å². The lowest BCUT2D eigenvalue weighted by Gasteiger charge is -2.19. The van der Waals surface area contributed by atoms with Crippen LogP contribution in [0.1, 0.15) is 24.1 Å². The van der Waals surface area contributed by atoms with Crippen LogP contribution in [0.2, 0.25) is 0 Å². The first-order chi connectivity index (χ1) is 8.58. The Morgan fingerprint density at radius 1 is 1.06 bits per heavy atom. The SMILES string of the molecule is Cc1ccc(Br)cc1NC(C)c1ccccc1Br. The molecule has 0 aromatic heterocycles. The molecular formula is C15H15Br2N. The van der Waals surface area contributed by atoms with E-state index < -0.39 is 0 Å². The van der Waals surface area contributed by atoms with E-state index in [4.69, 9.17) is 0 Å². The second-order valence-corrected chi connectivity index (χ2v) is 6.12. The first kappa shape index (κ1) is 13.6. The number of halogens is 2. The minimum Gasteiger partial charge on any atom is -0.378 e. The predicted octanol–water partition coefficient (Wildman–Crippen LogP) is 5.69. The van der Waals surface area contributed by atoms with Crippen LogP contribution >= 0.6 is 31.9 Å². The summed E-state index contributed by atoms with van der Waals surface area (Å²) >= 11 is 7.10. The molecule has 0 fully saturated rings. The Balaban J connectivity index is 2.24. The zero-order valence-corrected chi connectivity index (χ0v) is 13.5. The van der Waals surface area contributed by atoms with Gasteiger partial charge in [0.25, 0.3) is 0 Å². The highest BCUT2D eigenvalue weighted by atomic mass is 79.9. The Labute approximate surface area is 125 Å². The Bertz CT molecular complexity index is 552. The van der Waals surface area contributed by atoms with Gasteiger partial charge in [-0.25, -0.2) is 0 Å². The van der Waals surface area contributed by atoms with Crippen molar-refractivity contribution in [1.29, 1.82) is 0 Å². The average Bonchev–Trinajstić information content (AvgIpc) is 2.34. The van der Waals surface area contributed by atoms with Gasteiger partial charge in [0.05, 0.1) is 0 Å². The molecule has 0 spiro atoms. The van der Waals surface area contributed by atoms with Crippen molar-refractivity contribution in [3.8, 4) is 0 Å². The number of hydrogen-bond donors (Lipinski definition) is 1. The summed E-state index contributed by atoms with van der Waals surface area (Å²) in [7, 11) is 0. The van der Waals surface area contributed by atoms with Gasteiger partial charge < -0.3 is 5.32 Å². The molecule has 0 saturated heterocycles. The molecule has 1 unspecified atom stereocenters. The molecule has 0 heterocycles. The summed E-state index contributed by atoms with van der Waals surface area (Å²) in [4.78, 5) is 0. The third-order valence-electron chi connectivity index (χ3n) is 2.94. The quantitative estimate of drug-likeness (QED) is 0.733. The summed E-state index contributed by atoms with van der Waals surface area (Å²) in [5, 5.41) is 3.55. The van der Waals surface area contributed by atoms with Gasteiger partial charge in [0.1, 0.15) is 0 Å². The van der Waals surface area contributed by atoms with Gasteiger partial charge in [-0.2, -0.15) is 0 Å². The third-order valence-corrected chi connectivity index (χ3v) is 4.16. The van der Waals surface area contributed by atoms with Crippen LogP contribution in [0.25, 0.3) is 0 Å². The zero-order valence-electron chi connectivity index (χ0n) is 10.4. The van der Waals surface area contributed by atoms with Crippen molar-refractivity contribution in [1.82, 2.24) is 0 Å². The second-order valence-electron chi connectivity index (χ2n) is 4.35. The van der Waals surface area contributed by atoms with Gasteiger partial charge >= 0.3 is 0 Å². The summed E-state index contributed by atoms with van der Waals surface area (Å²) in [6.45, 7) is 4.28. The van der Waals surface area contributed by atoms with Gasteiger partial charge in [-0.15, -0.1) is 0 Å². The fourth-order valence-electron chi connectivity index (χ4n) is 1.89. The minimum atomic E-state index is 0.258. The Morgan fingerprint density at radius 3 is 2.50 bits per heavy atom. The highest BCUT2D eigenvalue weighted by Gasteiger charge is 2.09. The van der Waals surface area contributed by atoms with Crippen LogP contribution in [0.3, 0.4) is 0 Å². The molecule has 1 N–H and O–H groups in total. The number of nitrogens with one attached hydrogen (secondary N) is 1. The van der Waals surface area contributed by atoms with Crippen molar-refractivity contribution in [2.45, 2.75) is 19.9 Å². The van der Waals surface area contributed by atoms with Crippen molar-refractivity contribution < 1.29 is 0 Å². The largest absolute Gasteiger partial charge is 0.378 e. The van der Waals surface area contributed by atoms with Crippen LogP contribution in [-0.2, 0) is 0 Å². The Morgan fingerprint density at radius 2 is 1.78 bits per heavy atom. The average molecular weight is 369 g/mol. The zero-order chi connectivity index (χ0) is 13.1. The van der Waals surface area contributed by atoms with E-state index in [1.165, 1.54) is 11.1 Å². The summed E-state index contributed by atoms with van der Waals surface area (Å²) in [6, 6.07) is 14.8. The lowest BCUT2D eigenvalue weighted by atomic mass is 10.1. The predicted molar refractivity (Wildman–Crippen MR) is 85.1 cm³/mol. The van der Waals surface area contributed by atoms with Crippen LogP contribution in [0.5, 0.6) is 0 Å². The van der Waals surface area contributed by atoms with Crippen molar-refractivity contribution in [2.24, 2.45) is 0 Å². The molecule has 2 rings (SSSR count). The summed E-state index contributed by atoms with van der Waals surface area (Å²) in [5.41, 5.74) is 3.67. The standard InChI is InChI=1S/C15H15Br2N/c1-10-7-8-12(16)9-15(10)18-11(2)13-5-3-4-6-14(13)17/h3-9,11,18H,1-2H3. The summed E-state index contributed by atoms with van der Waals surface area (Å²) in [6.07, 6.45) is 0. The maximum Gasteiger partial charge on any atom is 0.0496 e. The molecule has 2 aromatic rings. The molecular weight excluding hydrogens is 354 g/mol. The number of aryl methyl sites for hydroxylation is 1. The van der Waals surface area contributed by atoms with Crippen LogP contribution < -0.4 is 5.32 Å². The van der Waals surface area contributed by atoms with Crippen molar-refractivity contribution in [2.75, 3.05) is 5.32 Å². The molecule has 0 radical (unpaired) electrons. The maximum atomic E-state index is 3.59. The summed E-state index contributed by atoms with van der Waals surface area (Å²) in [5.74, 6) is 0. The van der Waals surface area contributed by atoms with Crippen LogP contribution in [0.15, 0.2) is 51.4 Å². The monoisotopic (exact) mass is 367 g/mol. The summed E-state index contributed by atoms with van der Waals surface area (Å²) < 4.78 is 2.23. The van der Waals surface area contributed by atoms with E-state index in [1.54, 1.807) is 0 Å². The molecule has 18 heavy (non-hydrogen) atoms. The Kier molecular flexibility index (Phi) is 4.46. The van der Waals surface area contributed by atoms with E-state index in [0.29, 0.717) is 0 Å². The molecule has 2 aromatic carbocycles. The van der Waals surface area contributed by atoms with Gasteiger partial charge in [0.15, 0.2) is 0 Å². The smallest absolute Gasteiger partial charge is 0.0496 e. The van der Waals surface area contributed by atoms with E-state index >= 15 is 0 Å². The minimum absolute atomic E-state index is 0.258. The molecule has 1 nitrogen and oxygen atoms in total. The Hall–Kier alpha value is -0.800. The number of anilines is 1. The van der Waals surface area contributed by atoms with E-state index in [1.807, 2.05) is 6.07 Å².